The van der Waals surface area contributed by atoms with Crippen LogP contribution in [0.5, 0.6) is 0 Å². The van der Waals surface area contributed by atoms with Gasteiger partial charge in [-0.15, -0.1) is 0 Å². The molecular weight excluding hydrogens is 206 g/mol. The highest BCUT2D eigenvalue weighted by molar-refractivity contribution is 5.75. The minimum Gasteiger partial charge on any atom is -0.397 e. The maximum atomic E-state index is 10.4. The molecule has 0 aliphatic heterocycles. The molecule has 0 heterocycles. The van der Waals surface area contributed by atoms with Crippen LogP contribution in [0.2, 0.25) is 0 Å². The molecule has 1 aromatic rings. The van der Waals surface area contributed by atoms with Gasteiger partial charge in [0.05, 0.1) is 18.0 Å². The topological polar surface area (TPSA) is 90.4 Å². The summed E-state index contributed by atoms with van der Waals surface area (Å²) in [5.74, 6) is -0.463. The molecule has 1 amide bonds. The number of aryl methyl sites for hydroxylation is 1. The number of hydrogen-bond acceptors (Lipinski definition) is 4. The number of nitrogens with one attached hydrogen (secondary N) is 1. The van der Waals surface area contributed by atoms with Crippen LogP contribution in [0.15, 0.2) is 18.2 Å². The molecular formula is C11H17N3O2. The number of carbonyl (C=O) groups is 1. The number of amides is 1. The van der Waals surface area contributed by atoms with Gasteiger partial charge in [-0.1, -0.05) is 12.1 Å². The highest BCUT2D eigenvalue weighted by atomic mass is 16.5. The number of benzene rings is 1. The van der Waals surface area contributed by atoms with Crippen LogP contribution in [0.4, 0.5) is 11.4 Å². The molecule has 1 aromatic carbocycles. The predicted molar refractivity (Wildman–Crippen MR) is 64.1 cm³/mol. The van der Waals surface area contributed by atoms with Crippen LogP contribution in [0.25, 0.3) is 0 Å². The van der Waals surface area contributed by atoms with E-state index in [0.717, 1.165) is 11.3 Å². The van der Waals surface area contributed by atoms with Gasteiger partial charge in [0.25, 0.3) is 0 Å². The van der Waals surface area contributed by atoms with Crippen LogP contribution < -0.4 is 16.8 Å². The molecule has 0 aliphatic carbocycles. The molecule has 0 saturated heterocycles. The average molecular weight is 223 g/mol. The Morgan fingerprint density at radius 1 is 1.50 bits per heavy atom. The standard InChI is InChI=1S/C11H17N3O2/c1-8-3-2-4-9(12)11(8)14-5-6-16-7-10(13)15/h2-4,14H,5-7,12H2,1H3,(H2,13,15). The monoisotopic (exact) mass is 223 g/mol. The predicted octanol–water partition coefficient (Wildman–Crippen LogP) is 0.491. The maximum Gasteiger partial charge on any atom is 0.243 e. The number of nitrogens with two attached hydrogens (primary N) is 2. The lowest BCUT2D eigenvalue weighted by atomic mass is 10.1. The van der Waals surface area contributed by atoms with Crippen molar-refractivity contribution < 1.29 is 9.53 Å². The van der Waals surface area contributed by atoms with E-state index in [9.17, 15) is 4.79 Å². The maximum absolute atomic E-state index is 10.4. The first-order valence-electron chi connectivity index (χ1n) is 5.06. The van der Waals surface area contributed by atoms with E-state index in [1.165, 1.54) is 0 Å². The molecule has 0 atom stereocenters. The summed E-state index contributed by atoms with van der Waals surface area (Å²) >= 11 is 0. The molecule has 5 heteroatoms. The van der Waals surface area contributed by atoms with Crippen molar-refractivity contribution in [2.45, 2.75) is 6.92 Å². The third-order valence-electron chi connectivity index (χ3n) is 2.10. The van der Waals surface area contributed by atoms with Crippen molar-refractivity contribution in [3.05, 3.63) is 23.8 Å². The van der Waals surface area contributed by atoms with Crippen molar-refractivity contribution in [3.8, 4) is 0 Å². The summed E-state index contributed by atoms with van der Waals surface area (Å²) in [4.78, 5) is 10.4. The molecule has 0 aromatic heterocycles. The normalized spacial score (nSPS) is 10.1. The van der Waals surface area contributed by atoms with Gasteiger partial charge in [-0.25, -0.2) is 0 Å². The second-order valence-corrected chi connectivity index (χ2v) is 3.48. The number of primary amides is 1. The van der Waals surface area contributed by atoms with Crippen LogP contribution in [0.1, 0.15) is 5.56 Å². The molecule has 16 heavy (non-hydrogen) atoms. The molecule has 5 nitrogen and oxygen atoms in total. The molecule has 1 rings (SSSR count). The lowest BCUT2D eigenvalue weighted by molar-refractivity contribution is -0.122. The second-order valence-electron chi connectivity index (χ2n) is 3.48. The Bertz CT molecular complexity index is 346. The van der Waals surface area contributed by atoms with E-state index >= 15 is 0 Å². The Kier molecular flexibility index (Phi) is 4.60. The number of nitrogen functional groups attached to an aromatic ring is 1. The molecule has 0 unspecified atom stereocenters. The van der Waals surface area contributed by atoms with Crippen molar-refractivity contribution >= 4 is 17.3 Å². The van der Waals surface area contributed by atoms with E-state index in [1.54, 1.807) is 0 Å². The minimum atomic E-state index is -0.463. The lowest BCUT2D eigenvalue weighted by Gasteiger charge is -2.11. The Morgan fingerprint density at radius 2 is 2.25 bits per heavy atom. The largest absolute Gasteiger partial charge is 0.397 e. The van der Waals surface area contributed by atoms with E-state index in [0.29, 0.717) is 18.8 Å². The molecule has 0 saturated carbocycles. The third-order valence-corrected chi connectivity index (χ3v) is 2.10. The summed E-state index contributed by atoms with van der Waals surface area (Å²) in [6.45, 7) is 2.92. The van der Waals surface area contributed by atoms with Crippen molar-refractivity contribution in [1.29, 1.82) is 0 Å². The summed E-state index contributed by atoms with van der Waals surface area (Å²) in [6, 6.07) is 5.71. The molecule has 0 aliphatic rings. The first-order valence-corrected chi connectivity index (χ1v) is 5.06. The molecule has 88 valence electrons. The van der Waals surface area contributed by atoms with Crippen molar-refractivity contribution in [1.82, 2.24) is 0 Å². The number of carbonyl (C=O) groups excluding carboxylic acids is 1. The van der Waals surface area contributed by atoms with E-state index < -0.39 is 5.91 Å². The Hall–Kier alpha value is -1.75. The van der Waals surface area contributed by atoms with Gasteiger partial charge in [0.1, 0.15) is 6.61 Å². The molecule has 0 fully saturated rings. The average Bonchev–Trinajstić information content (AvgIpc) is 2.21. The zero-order valence-electron chi connectivity index (χ0n) is 9.32. The fourth-order valence-corrected chi connectivity index (χ4v) is 1.35. The third kappa shape index (κ3) is 3.78. The van der Waals surface area contributed by atoms with Gasteiger partial charge in [-0.2, -0.15) is 0 Å². The highest BCUT2D eigenvalue weighted by Gasteiger charge is 2.01. The minimum absolute atomic E-state index is 0.0507. The van der Waals surface area contributed by atoms with Gasteiger partial charge in [0.15, 0.2) is 0 Å². The fraction of sp³-hybridized carbons (Fsp3) is 0.364. The number of rotatable bonds is 6. The fourth-order valence-electron chi connectivity index (χ4n) is 1.35. The van der Waals surface area contributed by atoms with Gasteiger partial charge in [0.2, 0.25) is 5.91 Å². The molecule has 0 radical (unpaired) electrons. The van der Waals surface area contributed by atoms with Gasteiger partial charge in [0, 0.05) is 6.54 Å². The van der Waals surface area contributed by atoms with Gasteiger partial charge in [-0.3, -0.25) is 4.79 Å². The van der Waals surface area contributed by atoms with Crippen molar-refractivity contribution in [3.63, 3.8) is 0 Å². The first-order chi connectivity index (χ1) is 7.61. The summed E-state index contributed by atoms with van der Waals surface area (Å²) < 4.78 is 5.02. The first kappa shape index (κ1) is 12.3. The summed E-state index contributed by atoms with van der Waals surface area (Å²) in [6.07, 6.45) is 0. The smallest absolute Gasteiger partial charge is 0.243 e. The summed E-state index contributed by atoms with van der Waals surface area (Å²) in [5.41, 5.74) is 13.4. The molecule has 0 spiro atoms. The van der Waals surface area contributed by atoms with E-state index in [2.05, 4.69) is 5.32 Å². The number of anilines is 2. The lowest BCUT2D eigenvalue weighted by Crippen LogP contribution is -2.20. The van der Waals surface area contributed by atoms with E-state index in [4.69, 9.17) is 16.2 Å². The van der Waals surface area contributed by atoms with Gasteiger partial charge < -0.3 is 21.5 Å². The Balaban J connectivity index is 2.34. The quantitative estimate of drug-likeness (QED) is 0.483. The highest BCUT2D eigenvalue weighted by Crippen LogP contribution is 2.21. The van der Waals surface area contributed by atoms with E-state index in [1.807, 2.05) is 25.1 Å². The molecule has 5 N–H and O–H groups in total. The van der Waals surface area contributed by atoms with Gasteiger partial charge in [-0.05, 0) is 18.6 Å². The Labute approximate surface area is 94.8 Å². The number of ether oxygens (including phenoxy) is 1. The zero-order chi connectivity index (χ0) is 12.0. The van der Waals surface area contributed by atoms with Crippen LogP contribution >= 0.6 is 0 Å². The van der Waals surface area contributed by atoms with Crippen LogP contribution in [-0.4, -0.2) is 25.7 Å². The molecule has 0 bridgehead atoms. The van der Waals surface area contributed by atoms with Gasteiger partial charge >= 0.3 is 0 Å². The van der Waals surface area contributed by atoms with Crippen LogP contribution in [-0.2, 0) is 9.53 Å². The number of hydrogen-bond donors (Lipinski definition) is 3. The Morgan fingerprint density at radius 3 is 2.88 bits per heavy atom. The second kappa shape index (κ2) is 5.97. The summed E-state index contributed by atoms with van der Waals surface area (Å²) in [5, 5.41) is 3.15. The van der Waals surface area contributed by atoms with Crippen LogP contribution in [0.3, 0.4) is 0 Å². The SMILES string of the molecule is Cc1cccc(N)c1NCCOCC(N)=O. The zero-order valence-corrected chi connectivity index (χ0v) is 9.32. The van der Waals surface area contributed by atoms with E-state index in [-0.39, 0.29) is 6.61 Å². The number of para-hydroxylation sites is 1. The van der Waals surface area contributed by atoms with Crippen LogP contribution in [0, 0.1) is 6.92 Å². The summed E-state index contributed by atoms with van der Waals surface area (Å²) in [7, 11) is 0. The van der Waals surface area contributed by atoms with Crippen molar-refractivity contribution in [2.75, 3.05) is 30.8 Å². The van der Waals surface area contributed by atoms with Crippen molar-refractivity contribution in [2.24, 2.45) is 5.73 Å².